The summed E-state index contributed by atoms with van der Waals surface area (Å²) < 4.78 is 11.5. The van der Waals surface area contributed by atoms with Crippen LogP contribution in [0.5, 0.6) is 5.75 Å². The maximum Gasteiger partial charge on any atom is 0.253 e. The smallest absolute Gasteiger partial charge is 0.253 e. The fourth-order valence-electron chi connectivity index (χ4n) is 4.37. The van der Waals surface area contributed by atoms with Crippen molar-refractivity contribution < 1.29 is 19.1 Å². The van der Waals surface area contributed by atoms with Crippen LogP contribution in [0.2, 0.25) is 10.0 Å². The number of piperidine rings is 1. The van der Waals surface area contributed by atoms with Crippen molar-refractivity contribution in [2.24, 2.45) is 5.41 Å². The van der Waals surface area contributed by atoms with Gasteiger partial charge in [-0.2, -0.15) is 0 Å². The van der Waals surface area contributed by atoms with Crippen molar-refractivity contribution in [3.63, 3.8) is 0 Å². The van der Waals surface area contributed by atoms with Crippen LogP contribution in [0.4, 0.5) is 0 Å². The molecule has 2 aromatic rings. The Hall–Kier alpha value is -2.28. The van der Waals surface area contributed by atoms with Crippen molar-refractivity contribution in [2.75, 3.05) is 46.0 Å². The van der Waals surface area contributed by atoms with E-state index in [-0.39, 0.29) is 17.2 Å². The predicted octanol–water partition coefficient (Wildman–Crippen LogP) is 4.54. The van der Waals surface area contributed by atoms with Gasteiger partial charge in [-0.1, -0.05) is 29.3 Å². The zero-order valence-electron chi connectivity index (χ0n) is 18.5. The largest absolute Gasteiger partial charge is 0.493 e. The standard InChI is InChI=1S/C25H28Cl2N2O4/c26-20-4-6-22(7-5-20)33-18-25(17-23(30)28-12-14-32-15-13-28)8-10-29(11-9-25)24(31)19-2-1-3-21(27)16-19/h1-7,16H,8-15,17-18H2. The van der Waals surface area contributed by atoms with E-state index in [9.17, 15) is 9.59 Å². The number of amides is 2. The minimum atomic E-state index is -0.347. The molecule has 33 heavy (non-hydrogen) atoms. The highest BCUT2D eigenvalue weighted by atomic mass is 35.5. The highest BCUT2D eigenvalue weighted by Crippen LogP contribution is 2.37. The number of ether oxygens (including phenoxy) is 2. The Morgan fingerprint density at radius 3 is 2.27 bits per heavy atom. The van der Waals surface area contributed by atoms with E-state index < -0.39 is 0 Å². The zero-order chi connectivity index (χ0) is 23.3. The Kier molecular flexibility index (Phi) is 7.78. The van der Waals surface area contributed by atoms with E-state index >= 15 is 0 Å². The first kappa shape index (κ1) is 23.9. The van der Waals surface area contributed by atoms with Gasteiger partial charge in [-0.25, -0.2) is 0 Å². The molecule has 2 amide bonds. The molecule has 0 unspecified atom stereocenters. The van der Waals surface area contributed by atoms with Gasteiger partial charge in [0.15, 0.2) is 0 Å². The van der Waals surface area contributed by atoms with E-state index in [0.717, 1.165) is 5.75 Å². The Morgan fingerprint density at radius 1 is 0.909 bits per heavy atom. The van der Waals surface area contributed by atoms with Gasteiger partial charge in [0.2, 0.25) is 5.91 Å². The van der Waals surface area contributed by atoms with E-state index in [4.69, 9.17) is 32.7 Å². The molecule has 2 fully saturated rings. The third-order valence-electron chi connectivity index (χ3n) is 6.43. The van der Waals surface area contributed by atoms with Crippen molar-refractivity contribution in [1.82, 2.24) is 9.80 Å². The first-order valence-electron chi connectivity index (χ1n) is 11.2. The molecule has 2 heterocycles. The van der Waals surface area contributed by atoms with Gasteiger partial charge < -0.3 is 19.3 Å². The molecule has 0 atom stereocenters. The number of nitrogens with zero attached hydrogens (tertiary/aromatic N) is 2. The molecule has 2 aromatic carbocycles. The summed E-state index contributed by atoms with van der Waals surface area (Å²) in [6.45, 7) is 3.91. The zero-order valence-corrected chi connectivity index (χ0v) is 20.0. The van der Waals surface area contributed by atoms with Gasteiger partial charge >= 0.3 is 0 Å². The van der Waals surface area contributed by atoms with Crippen LogP contribution in [0.3, 0.4) is 0 Å². The number of halogens is 2. The molecular formula is C25H28Cl2N2O4. The Balaban J connectivity index is 1.45. The quantitative estimate of drug-likeness (QED) is 0.596. The van der Waals surface area contributed by atoms with Crippen LogP contribution in [0.25, 0.3) is 0 Å². The summed E-state index contributed by atoms with van der Waals surface area (Å²) in [4.78, 5) is 29.8. The topological polar surface area (TPSA) is 59.1 Å². The number of benzene rings is 2. The lowest BCUT2D eigenvalue weighted by Gasteiger charge is -2.42. The third kappa shape index (κ3) is 6.19. The number of carbonyl (C=O) groups excluding carboxylic acids is 2. The molecule has 2 aliphatic heterocycles. The maximum absolute atomic E-state index is 13.1. The molecule has 6 nitrogen and oxygen atoms in total. The molecule has 0 aliphatic carbocycles. The Morgan fingerprint density at radius 2 is 1.61 bits per heavy atom. The second kappa shape index (κ2) is 10.8. The summed E-state index contributed by atoms with van der Waals surface area (Å²) in [5, 5.41) is 1.19. The number of rotatable bonds is 6. The lowest BCUT2D eigenvalue weighted by molar-refractivity contribution is -0.139. The van der Waals surface area contributed by atoms with Gasteiger partial charge in [-0.15, -0.1) is 0 Å². The minimum Gasteiger partial charge on any atom is -0.493 e. The number of hydrogen-bond acceptors (Lipinski definition) is 4. The molecule has 0 spiro atoms. The monoisotopic (exact) mass is 490 g/mol. The molecule has 2 aliphatic rings. The molecule has 176 valence electrons. The van der Waals surface area contributed by atoms with E-state index in [1.807, 2.05) is 21.9 Å². The van der Waals surface area contributed by atoms with E-state index in [2.05, 4.69) is 0 Å². The number of morpholine rings is 1. The van der Waals surface area contributed by atoms with E-state index in [1.165, 1.54) is 0 Å². The molecule has 4 rings (SSSR count). The Bertz CT molecular complexity index is 969. The Labute approximate surface area is 204 Å². The predicted molar refractivity (Wildman–Crippen MR) is 128 cm³/mol. The number of likely N-dealkylation sites (tertiary alicyclic amines) is 1. The van der Waals surface area contributed by atoms with Crippen LogP contribution >= 0.6 is 23.2 Å². The summed E-state index contributed by atoms with van der Waals surface area (Å²) in [6, 6.07) is 14.2. The van der Waals surface area contributed by atoms with Crippen molar-refractivity contribution in [1.29, 1.82) is 0 Å². The van der Waals surface area contributed by atoms with Gasteiger partial charge in [-0.3, -0.25) is 9.59 Å². The van der Waals surface area contributed by atoms with Gasteiger partial charge in [0.1, 0.15) is 5.75 Å². The molecule has 0 bridgehead atoms. The molecule has 0 N–H and O–H groups in total. The van der Waals surface area contributed by atoms with Gasteiger partial charge in [-0.05, 0) is 55.3 Å². The van der Waals surface area contributed by atoms with Crippen molar-refractivity contribution in [3.05, 3.63) is 64.1 Å². The van der Waals surface area contributed by atoms with Crippen molar-refractivity contribution in [2.45, 2.75) is 19.3 Å². The SMILES string of the molecule is O=C(CC1(COc2ccc(Cl)cc2)CCN(C(=O)c2cccc(Cl)c2)CC1)N1CCOCC1. The summed E-state index contributed by atoms with van der Waals surface area (Å²) in [5.74, 6) is 0.798. The second-order valence-corrected chi connectivity index (χ2v) is 9.59. The highest BCUT2D eigenvalue weighted by Gasteiger charge is 2.40. The first-order chi connectivity index (χ1) is 15.9. The van der Waals surface area contributed by atoms with Crippen LogP contribution < -0.4 is 4.74 Å². The van der Waals surface area contributed by atoms with Crippen molar-refractivity contribution in [3.8, 4) is 5.75 Å². The lowest BCUT2D eigenvalue weighted by atomic mass is 9.75. The maximum atomic E-state index is 13.1. The van der Waals surface area contributed by atoms with Crippen LogP contribution in [0, 0.1) is 5.41 Å². The van der Waals surface area contributed by atoms with Gasteiger partial charge in [0.25, 0.3) is 5.91 Å². The lowest BCUT2D eigenvalue weighted by Crippen LogP contribution is -2.49. The normalized spacial score (nSPS) is 18.1. The summed E-state index contributed by atoms with van der Waals surface area (Å²) in [6.07, 6.45) is 1.76. The molecule has 8 heteroatoms. The van der Waals surface area contributed by atoms with Gasteiger partial charge in [0, 0.05) is 53.6 Å². The molecule has 0 saturated carbocycles. The van der Waals surface area contributed by atoms with Crippen LogP contribution in [-0.4, -0.2) is 67.6 Å². The second-order valence-electron chi connectivity index (χ2n) is 8.72. The van der Waals surface area contributed by atoms with Crippen LogP contribution in [0.15, 0.2) is 48.5 Å². The average molecular weight is 491 g/mol. The number of hydrogen-bond donors (Lipinski definition) is 0. The minimum absolute atomic E-state index is 0.0378. The molecule has 2 saturated heterocycles. The summed E-state index contributed by atoms with van der Waals surface area (Å²) >= 11 is 12.1. The molecular weight excluding hydrogens is 463 g/mol. The average Bonchev–Trinajstić information content (AvgIpc) is 2.84. The van der Waals surface area contributed by atoms with Crippen LogP contribution in [-0.2, 0) is 9.53 Å². The summed E-state index contributed by atoms with van der Waals surface area (Å²) in [5.41, 5.74) is 0.233. The fourth-order valence-corrected chi connectivity index (χ4v) is 4.69. The van der Waals surface area contributed by atoms with Crippen molar-refractivity contribution >= 4 is 35.0 Å². The first-order valence-corrected chi connectivity index (χ1v) is 12.0. The highest BCUT2D eigenvalue weighted by molar-refractivity contribution is 6.31. The summed E-state index contributed by atoms with van der Waals surface area (Å²) in [7, 11) is 0. The molecule has 0 radical (unpaired) electrons. The van der Waals surface area contributed by atoms with E-state index in [1.54, 1.807) is 36.4 Å². The van der Waals surface area contributed by atoms with Gasteiger partial charge in [0.05, 0.1) is 19.8 Å². The van der Waals surface area contributed by atoms with E-state index in [0.29, 0.717) is 80.9 Å². The number of carbonyl (C=O) groups is 2. The fraction of sp³-hybridized carbons (Fsp3) is 0.440. The molecule has 0 aromatic heterocycles. The van der Waals surface area contributed by atoms with Crippen LogP contribution in [0.1, 0.15) is 29.6 Å². The third-order valence-corrected chi connectivity index (χ3v) is 6.92.